The van der Waals surface area contributed by atoms with Gasteiger partial charge in [0.1, 0.15) is 0 Å². The predicted molar refractivity (Wildman–Crippen MR) is 122 cm³/mol. The van der Waals surface area contributed by atoms with Crippen LogP contribution in [0.5, 0.6) is 0 Å². The lowest BCUT2D eigenvalue weighted by Gasteiger charge is -2.45. The Labute approximate surface area is 207 Å². The zero-order chi connectivity index (χ0) is 26.9. The highest BCUT2D eigenvalue weighted by Gasteiger charge is 2.60. The minimum Gasteiger partial charge on any atom is -0.426 e. The Hall–Kier alpha value is -2.48. The van der Waals surface area contributed by atoms with Crippen molar-refractivity contribution in [2.24, 2.45) is 5.41 Å². The van der Waals surface area contributed by atoms with Crippen molar-refractivity contribution < 1.29 is 35.9 Å². The van der Waals surface area contributed by atoms with E-state index < -0.39 is 24.5 Å². The minimum atomic E-state index is -5.74. The van der Waals surface area contributed by atoms with Crippen molar-refractivity contribution in [3.8, 4) is 0 Å². The summed E-state index contributed by atoms with van der Waals surface area (Å²) in [5.41, 5.74) is 2.58. The zero-order valence-electron chi connectivity index (χ0n) is 20.6. The van der Waals surface area contributed by atoms with E-state index in [0.29, 0.717) is 12.2 Å². The number of hydrogen-bond acceptors (Lipinski definition) is 3. The summed E-state index contributed by atoms with van der Waals surface area (Å²) in [5, 5.41) is 0. The number of ether oxygens (including phenoxy) is 1. The number of halogens is 6. The first-order valence-corrected chi connectivity index (χ1v) is 11.9. The zero-order valence-corrected chi connectivity index (χ0v) is 20.6. The number of carbonyl (C=O) groups is 1. The lowest BCUT2D eigenvalue weighted by molar-refractivity contribution is -0.308. The number of amides is 1. The fourth-order valence-electron chi connectivity index (χ4n) is 5.44. The lowest BCUT2D eigenvalue weighted by atomic mass is 9.60. The van der Waals surface area contributed by atoms with Gasteiger partial charge < -0.3 is 9.64 Å². The van der Waals surface area contributed by atoms with Gasteiger partial charge in [-0.15, -0.1) is 0 Å². The van der Waals surface area contributed by atoms with Gasteiger partial charge in [-0.3, -0.25) is 4.90 Å². The molecule has 0 N–H and O–H groups in total. The van der Waals surface area contributed by atoms with Crippen LogP contribution in [0.4, 0.5) is 36.8 Å². The summed E-state index contributed by atoms with van der Waals surface area (Å²) in [7, 11) is 0. The molecule has 3 rings (SSSR count). The summed E-state index contributed by atoms with van der Waals surface area (Å²) in [5.74, 6) is 0. The smallest absolute Gasteiger partial charge is 0.426 e. The second-order valence-electron chi connectivity index (χ2n) is 10.6. The molecule has 200 valence electrons. The Kier molecular flexibility index (Phi) is 7.89. The quantitative estimate of drug-likeness (QED) is 0.323. The fourth-order valence-corrected chi connectivity index (χ4v) is 5.44. The van der Waals surface area contributed by atoms with Crippen LogP contribution in [0.3, 0.4) is 0 Å². The number of piperazine rings is 1. The lowest BCUT2D eigenvalue weighted by Crippen LogP contribution is -2.52. The Bertz CT molecular complexity index is 965. The number of rotatable bonds is 4. The van der Waals surface area contributed by atoms with Crippen molar-refractivity contribution >= 4 is 11.8 Å². The number of alkyl halides is 6. The fraction of sp³-hybridized carbons (Fsp3) is 0.680. The largest absolute Gasteiger partial charge is 0.434 e. The van der Waals surface area contributed by atoms with E-state index in [2.05, 4.69) is 30.4 Å². The van der Waals surface area contributed by atoms with Crippen LogP contribution < -0.4 is 0 Å². The SMILES string of the molecule is [C-]#[N+]c1ccc(CN2CCN(C(=O)OC(C(F)(F)F)C(F)(F)F)CC2)c(C2(C(C)(C)C)CCCC2)c1. The molecule has 0 spiro atoms. The van der Waals surface area contributed by atoms with E-state index in [-0.39, 0.29) is 37.0 Å². The molecule has 1 aliphatic heterocycles. The van der Waals surface area contributed by atoms with Crippen molar-refractivity contribution in [1.82, 2.24) is 9.80 Å². The maximum absolute atomic E-state index is 12.7. The van der Waals surface area contributed by atoms with Crippen LogP contribution in [0.15, 0.2) is 18.2 Å². The van der Waals surface area contributed by atoms with Crippen LogP contribution in [0.1, 0.15) is 57.6 Å². The molecule has 2 fully saturated rings. The second kappa shape index (κ2) is 10.1. The van der Waals surface area contributed by atoms with Gasteiger partial charge in [-0.1, -0.05) is 51.8 Å². The van der Waals surface area contributed by atoms with E-state index in [1.54, 1.807) is 6.07 Å². The van der Waals surface area contributed by atoms with Gasteiger partial charge in [-0.05, 0) is 34.8 Å². The molecule has 5 nitrogen and oxygen atoms in total. The van der Waals surface area contributed by atoms with E-state index in [0.717, 1.165) is 41.7 Å². The summed E-state index contributed by atoms with van der Waals surface area (Å²) in [6.45, 7) is 15.0. The van der Waals surface area contributed by atoms with Crippen molar-refractivity contribution in [2.45, 2.75) is 76.9 Å². The van der Waals surface area contributed by atoms with Crippen molar-refractivity contribution in [1.29, 1.82) is 0 Å². The van der Waals surface area contributed by atoms with Gasteiger partial charge in [-0.25, -0.2) is 9.64 Å². The Morgan fingerprint density at radius 2 is 1.58 bits per heavy atom. The molecule has 2 aliphatic rings. The first-order valence-electron chi connectivity index (χ1n) is 11.9. The van der Waals surface area contributed by atoms with Gasteiger partial charge in [0.15, 0.2) is 5.69 Å². The number of nitrogens with zero attached hydrogens (tertiary/aromatic N) is 3. The summed E-state index contributed by atoms with van der Waals surface area (Å²) in [6.07, 6.45) is -13.1. The summed E-state index contributed by atoms with van der Waals surface area (Å²) in [6, 6.07) is 5.66. The molecule has 11 heteroatoms. The molecule has 1 saturated heterocycles. The Balaban J connectivity index is 1.73. The molecular formula is C25H31F6N3O2. The summed E-state index contributed by atoms with van der Waals surface area (Å²) in [4.78, 5) is 18.6. The third-order valence-corrected chi connectivity index (χ3v) is 7.47. The molecule has 1 aromatic rings. The van der Waals surface area contributed by atoms with Crippen LogP contribution >= 0.6 is 0 Å². The van der Waals surface area contributed by atoms with Gasteiger partial charge >= 0.3 is 18.4 Å². The third-order valence-electron chi connectivity index (χ3n) is 7.47. The van der Waals surface area contributed by atoms with E-state index in [4.69, 9.17) is 6.57 Å². The van der Waals surface area contributed by atoms with E-state index in [1.807, 2.05) is 17.0 Å². The third kappa shape index (κ3) is 5.90. The number of benzene rings is 1. The first-order chi connectivity index (χ1) is 16.6. The first kappa shape index (κ1) is 28.1. The maximum Gasteiger partial charge on any atom is 0.434 e. The molecule has 0 unspecified atom stereocenters. The molecule has 36 heavy (non-hydrogen) atoms. The average molecular weight is 520 g/mol. The normalized spacial score (nSPS) is 19.4. The summed E-state index contributed by atoms with van der Waals surface area (Å²) >= 11 is 0. The van der Waals surface area contributed by atoms with Gasteiger partial charge in [0, 0.05) is 32.7 Å². The topological polar surface area (TPSA) is 37.1 Å². The molecule has 0 aromatic heterocycles. The molecule has 1 heterocycles. The van der Waals surface area contributed by atoms with Crippen LogP contribution in [-0.4, -0.2) is 60.5 Å². The van der Waals surface area contributed by atoms with Crippen molar-refractivity contribution in [3.05, 3.63) is 40.7 Å². The molecule has 1 saturated carbocycles. The number of carbonyl (C=O) groups excluding carboxylic acids is 1. The molecule has 0 bridgehead atoms. The van der Waals surface area contributed by atoms with Crippen molar-refractivity contribution in [2.75, 3.05) is 26.2 Å². The Morgan fingerprint density at radius 3 is 2.06 bits per heavy atom. The molecule has 0 atom stereocenters. The molecule has 1 aromatic carbocycles. The second-order valence-corrected chi connectivity index (χ2v) is 10.6. The van der Waals surface area contributed by atoms with Gasteiger partial charge in [0.05, 0.1) is 6.57 Å². The van der Waals surface area contributed by atoms with Crippen LogP contribution in [0.25, 0.3) is 4.85 Å². The van der Waals surface area contributed by atoms with Gasteiger partial charge in [0.25, 0.3) is 6.10 Å². The van der Waals surface area contributed by atoms with E-state index >= 15 is 0 Å². The highest BCUT2D eigenvalue weighted by molar-refractivity contribution is 5.68. The van der Waals surface area contributed by atoms with Gasteiger partial charge in [-0.2, -0.15) is 26.3 Å². The van der Waals surface area contributed by atoms with Crippen LogP contribution in [0, 0.1) is 12.0 Å². The highest BCUT2D eigenvalue weighted by Crippen LogP contribution is 2.54. The average Bonchev–Trinajstić information content (AvgIpc) is 3.28. The van der Waals surface area contributed by atoms with E-state index in [1.165, 1.54) is 0 Å². The Morgan fingerprint density at radius 1 is 1.03 bits per heavy atom. The predicted octanol–water partition coefficient (Wildman–Crippen LogP) is 6.84. The van der Waals surface area contributed by atoms with Crippen molar-refractivity contribution in [3.63, 3.8) is 0 Å². The molecule has 1 aliphatic carbocycles. The summed E-state index contributed by atoms with van der Waals surface area (Å²) < 4.78 is 80.3. The van der Waals surface area contributed by atoms with Gasteiger partial charge in [0.2, 0.25) is 0 Å². The van der Waals surface area contributed by atoms with E-state index in [9.17, 15) is 31.1 Å². The van der Waals surface area contributed by atoms with Crippen LogP contribution in [-0.2, 0) is 16.7 Å². The van der Waals surface area contributed by atoms with Crippen LogP contribution in [0.2, 0.25) is 0 Å². The standard InChI is InChI=1S/C25H31F6N3O2/c1-22(2,3)23(9-5-6-10-23)19-15-18(32-4)8-7-17(19)16-33-11-13-34(14-12-33)21(35)36-20(24(26,27)28)25(29,30)31/h7-8,15,20H,5-6,9-14,16H2,1-3H3. The monoisotopic (exact) mass is 519 g/mol. The minimum absolute atomic E-state index is 0.0468. The highest BCUT2D eigenvalue weighted by atomic mass is 19.4. The molecular weight excluding hydrogens is 488 g/mol. The molecule has 0 radical (unpaired) electrons. The maximum atomic E-state index is 12.7. The molecule has 1 amide bonds. The number of hydrogen-bond donors (Lipinski definition) is 0.